The molecule has 4 aliphatic heterocycles. The van der Waals surface area contributed by atoms with Crippen molar-refractivity contribution in [1.29, 1.82) is 0 Å². The molecule has 3 N–H and O–H groups in total. The summed E-state index contributed by atoms with van der Waals surface area (Å²) in [6.45, 7) is 13.3. The van der Waals surface area contributed by atoms with Crippen molar-refractivity contribution in [3.63, 3.8) is 0 Å². The second kappa shape index (κ2) is 34.7. The van der Waals surface area contributed by atoms with Crippen molar-refractivity contribution in [2.75, 3.05) is 69.8 Å². The van der Waals surface area contributed by atoms with E-state index in [9.17, 15) is 67.1 Å². The first-order valence-electron chi connectivity index (χ1n) is 38.7. The van der Waals surface area contributed by atoms with E-state index in [1.807, 2.05) is 63.2 Å². The van der Waals surface area contributed by atoms with Crippen LogP contribution in [0.4, 0.5) is 34.1 Å². The van der Waals surface area contributed by atoms with Crippen LogP contribution in [0.3, 0.4) is 0 Å². The summed E-state index contributed by atoms with van der Waals surface area (Å²) in [6, 6.07) is 59.6. The van der Waals surface area contributed by atoms with Gasteiger partial charge in [-0.15, -0.1) is 0 Å². The number of ether oxygens (including phenoxy) is 8. The molecule has 0 saturated heterocycles. The third-order valence-corrected chi connectivity index (χ3v) is 20.4. The minimum Gasteiger partial charge on any atom is -0.459 e. The van der Waals surface area contributed by atoms with Gasteiger partial charge in [0.05, 0.1) is 89.5 Å². The molecule has 11 aromatic rings. The molecule has 0 aromatic heterocycles. The van der Waals surface area contributed by atoms with Crippen LogP contribution in [-0.4, -0.2) is 122 Å². The van der Waals surface area contributed by atoms with E-state index in [1.54, 1.807) is 73.7 Å². The summed E-state index contributed by atoms with van der Waals surface area (Å²) in [5, 5.41) is 8.39. The van der Waals surface area contributed by atoms with Gasteiger partial charge in [0.2, 0.25) is 0 Å². The number of esters is 4. The number of carbonyl (C=O) groups is 14. The highest BCUT2D eigenvalue weighted by Gasteiger charge is 2.43. The fraction of sp³-hybridized carbons (Fsp3) is 0.116. The van der Waals surface area contributed by atoms with Gasteiger partial charge in [-0.25, -0.2) is 38.8 Å². The van der Waals surface area contributed by atoms with Crippen molar-refractivity contribution in [2.45, 2.75) is 33.1 Å². The van der Waals surface area contributed by atoms with Crippen molar-refractivity contribution in [1.82, 2.24) is 5.32 Å². The summed E-state index contributed by atoms with van der Waals surface area (Å²) in [6.07, 6.45) is 1.79. The Labute approximate surface area is 706 Å². The molecule has 0 fully saturated rings. The Hall–Kier alpha value is -16.7. The molecule has 29 nitrogen and oxygen atoms in total. The molecule has 10 amide bonds. The van der Waals surface area contributed by atoms with Crippen LogP contribution >= 0.6 is 0 Å². The van der Waals surface area contributed by atoms with Crippen LogP contribution in [0.1, 0.15) is 163 Å². The molecule has 124 heavy (non-hydrogen) atoms. The van der Waals surface area contributed by atoms with Crippen molar-refractivity contribution in [3.05, 3.63) is 334 Å². The summed E-state index contributed by atoms with van der Waals surface area (Å²) in [5.41, 5.74) is 1.34. The summed E-state index contributed by atoms with van der Waals surface area (Å²) in [5.74, 6) is -8.53. The minimum atomic E-state index is -1.16. The highest BCUT2D eigenvalue weighted by atomic mass is 16.6. The fourth-order valence-corrected chi connectivity index (χ4v) is 14.3. The molecule has 0 radical (unpaired) electrons. The predicted octanol–water partition coefficient (Wildman–Crippen LogP) is 15.6. The Morgan fingerprint density at radius 2 is 0.629 bits per heavy atom. The van der Waals surface area contributed by atoms with E-state index in [2.05, 4.69) is 29.1 Å². The zero-order chi connectivity index (χ0) is 87.4. The fourth-order valence-electron chi connectivity index (χ4n) is 14.3. The number of rotatable bonds is 30. The lowest BCUT2D eigenvalue weighted by atomic mass is 9.78. The highest BCUT2D eigenvalue weighted by Crippen LogP contribution is 2.42. The number of imide groups is 4. The lowest BCUT2D eigenvalue weighted by molar-refractivity contribution is -0.139. The third kappa shape index (κ3) is 16.5. The molecule has 11 aromatic carbocycles. The maximum Gasteiger partial charge on any atom is 0.339 e. The maximum absolute atomic E-state index is 14.3. The van der Waals surface area contributed by atoms with E-state index in [0.717, 1.165) is 60.7 Å². The van der Waals surface area contributed by atoms with Gasteiger partial charge in [-0.05, 0) is 195 Å². The van der Waals surface area contributed by atoms with Crippen LogP contribution in [-0.2, 0) is 34.0 Å². The average molecular weight is 1660 g/mol. The zero-order valence-electron chi connectivity index (χ0n) is 66.5. The number of nitrogens with one attached hydrogen (secondary N) is 3. The van der Waals surface area contributed by atoms with Gasteiger partial charge in [-0.1, -0.05) is 75.5 Å². The SMILES string of the molecule is C=CC(=O)OCCOC(=O)c1cc(C(=O)Nc2cccc(Oc3ccc4c(c3)C(=O)N(c3cccc(N5C(=O)c6ccc(Oc7ccc(C(C)(C)c8ccc(Oc9ccc%10c(c9)C(=O)N(c9cccc(N%11C(=O)c%12ccc(Oc%13cccc(NCC)c%13)cc%12C%11=O)c9)C%10=O)cc8)cc7)cc6C5=O)c3)C4=O)c2)c(C(=O)OCCOC(=O)C=C)cc1C(=O)NCC. The van der Waals surface area contributed by atoms with E-state index in [0.29, 0.717) is 29.5 Å². The van der Waals surface area contributed by atoms with Crippen LogP contribution < -0.4 is 54.5 Å². The first-order valence-corrected chi connectivity index (χ1v) is 38.7. The number of benzene rings is 11. The number of carbonyl (C=O) groups excluding carboxylic acids is 14. The Morgan fingerprint density at radius 3 is 0.984 bits per heavy atom. The van der Waals surface area contributed by atoms with Gasteiger partial charge in [0.25, 0.3) is 59.1 Å². The molecule has 29 heteroatoms. The van der Waals surface area contributed by atoms with Crippen LogP contribution in [0.2, 0.25) is 0 Å². The standard InChI is InChI=1S/C95H71N7O22/c1-7-81(103)117-39-41-119-93(115)79-52-74(80(51-73(79)83(105)97-10-4)94(116)120-42-40-118-82(104)8-2)84(106)98-56-16-12-22-64(44-56)124-68-34-38-72-78(50-68)92(114)102(88(72)110)60-20-14-18-58(46-60)100-86(108)70-36-32-66(48-76(70)90(100)112)122-62-29-25-54(26-30-62)95(5,6)53-23-27-61(28-24-53)121-65-31-35-69-75(47-65)89(111)99(85(69)107)57-17-13-19-59(45-57)101-87(109)71-37-33-67(49-77(71)91(101)113)123-63-21-11-15-55(43-63)96-9-3/h7-8,11-38,43-52,96H,1-2,9-10,39-42H2,3-6H3,(H,97,105)(H,98,106). The minimum absolute atomic E-state index is 0.00349. The molecule has 0 unspecified atom stereocenters. The number of anilines is 6. The average Bonchev–Trinajstić information content (AvgIpc) is 1.58. The Morgan fingerprint density at radius 1 is 0.323 bits per heavy atom. The molecule has 0 bridgehead atoms. The van der Waals surface area contributed by atoms with E-state index >= 15 is 0 Å². The van der Waals surface area contributed by atoms with Gasteiger partial charge in [0.15, 0.2) is 0 Å². The van der Waals surface area contributed by atoms with Gasteiger partial charge in [-0.2, -0.15) is 0 Å². The van der Waals surface area contributed by atoms with E-state index in [-0.39, 0.29) is 102 Å². The smallest absolute Gasteiger partial charge is 0.339 e. The Kier molecular flexibility index (Phi) is 23.0. The summed E-state index contributed by atoms with van der Waals surface area (Å²) < 4.78 is 45.1. The molecule has 0 aliphatic carbocycles. The lowest BCUT2D eigenvalue weighted by Gasteiger charge is -2.26. The van der Waals surface area contributed by atoms with Gasteiger partial charge < -0.3 is 53.8 Å². The number of fused-ring (bicyclic) bond motifs is 4. The molecule has 0 atom stereocenters. The monoisotopic (exact) mass is 1660 g/mol. The van der Waals surface area contributed by atoms with Crippen LogP contribution in [0, 0.1) is 0 Å². The lowest BCUT2D eigenvalue weighted by Crippen LogP contribution is -2.31. The zero-order valence-corrected chi connectivity index (χ0v) is 66.5. The molecule has 618 valence electrons. The molecule has 4 aliphatic rings. The van der Waals surface area contributed by atoms with E-state index in [1.165, 1.54) is 109 Å². The predicted molar refractivity (Wildman–Crippen MR) is 451 cm³/mol. The highest BCUT2D eigenvalue weighted by molar-refractivity contribution is 6.38. The van der Waals surface area contributed by atoms with Crippen LogP contribution in [0.25, 0.3) is 0 Å². The Bertz CT molecular complexity index is 6390. The quantitative estimate of drug-likeness (QED) is 0.0124. The number of hydrogen-bond acceptors (Lipinski definition) is 23. The first-order chi connectivity index (χ1) is 59.8. The third-order valence-electron chi connectivity index (χ3n) is 20.4. The summed E-state index contributed by atoms with van der Waals surface area (Å²) >= 11 is 0. The molecule has 4 heterocycles. The second-order valence-corrected chi connectivity index (χ2v) is 28.6. The van der Waals surface area contributed by atoms with Crippen molar-refractivity contribution < 1.29 is 105 Å². The number of nitrogens with zero attached hydrogens (tertiary/aromatic N) is 4. The van der Waals surface area contributed by atoms with Crippen LogP contribution in [0.15, 0.2) is 256 Å². The van der Waals surface area contributed by atoms with Gasteiger partial charge >= 0.3 is 23.9 Å². The topological polar surface area (TPSA) is 362 Å². The summed E-state index contributed by atoms with van der Waals surface area (Å²) in [4.78, 5) is 195. The van der Waals surface area contributed by atoms with Crippen molar-refractivity contribution in [3.8, 4) is 46.0 Å². The summed E-state index contributed by atoms with van der Waals surface area (Å²) in [7, 11) is 0. The van der Waals surface area contributed by atoms with Gasteiger partial charge in [0.1, 0.15) is 72.4 Å². The molecule has 0 saturated carbocycles. The van der Waals surface area contributed by atoms with Gasteiger partial charge in [0, 0.05) is 54.2 Å². The number of hydrogen-bond donors (Lipinski definition) is 3. The second-order valence-electron chi connectivity index (χ2n) is 28.6. The largest absolute Gasteiger partial charge is 0.459 e. The van der Waals surface area contributed by atoms with E-state index < -0.39 is 137 Å². The first kappa shape index (κ1) is 82.4. The van der Waals surface area contributed by atoms with Crippen molar-refractivity contribution >= 4 is 117 Å². The molecule has 15 rings (SSSR count). The number of amides is 10. The van der Waals surface area contributed by atoms with E-state index in [4.69, 9.17) is 37.9 Å². The molecular formula is C95H71N7O22. The maximum atomic E-state index is 14.3. The van der Waals surface area contributed by atoms with Gasteiger partial charge in [-0.3, -0.25) is 47.9 Å². The molecular weight excluding hydrogens is 1590 g/mol. The van der Waals surface area contributed by atoms with Crippen LogP contribution in [0.5, 0.6) is 46.0 Å². The normalized spacial score (nSPS) is 13.0. The Balaban J connectivity index is 0.564. The molecule has 0 spiro atoms. The van der Waals surface area contributed by atoms with Crippen molar-refractivity contribution in [2.24, 2.45) is 0 Å².